The van der Waals surface area contributed by atoms with Crippen molar-refractivity contribution in [2.24, 2.45) is 0 Å². The van der Waals surface area contributed by atoms with E-state index in [1.165, 1.54) is 19.1 Å². The Morgan fingerprint density at radius 3 is 1.67 bits per heavy atom. The van der Waals surface area contributed by atoms with E-state index in [-0.39, 0.29) is 0 Å². The number of rotatable bonds is 2. The molecule has 0 radical (unpaired) electrons. The first-order valence-corrected chi connectivity index (χ1v) is 7.07. The molecule has 0 heterocycles. The molecule has 2 nitrogen and oxygen atoms in total. The van der Waals surface area contributed by atoms with E-state index in [0.717, 1.165) is 5.56 Å². The summed E-state index contributed by atoms with van der Waals surface area (Å²) in [6, 6.07) is 6.81. The van der Waals surface area contributed by atoms with Crippen molar-refractivity contribution in [2.75, 3.05) is 6.26 Å². The zero-order valence-electron chi connectivity index (χ0n) is 9.95. The zero-order valence-corrected chi connectivity index (χ0v) is 10.8. The second-order valence-electron chi connectivity index (χ2n) is 3.59. The SMILES string of the molecule is CCCC.Cc1ccc(S(C)(=O)=O)cc1. The number of hydrogen-bond acceptors (Lipinski definition) is 2. The third kappa shape index (κ3) is 6.28. The smallest absolute Gasteiger partial charge is 0.175 e. The summed E-state index contributed by atoms with van der Waals surface area (Å²) in [4.78, 5) is 0.378. The molecule has 1 aromatic carbocycles. The van der Waals surface area contributed by atoms with Crippen LogP contribution in [0.15, 0.2) is 29.2 Å². The fourth-order valence-electron chi connectivity index (χ4n) is 0.785. The molecular formula is C12H20O2S. The standard InChI is InChI=1S/C8H10O2S.C4H10/c1-7-3-5-8(6-4-7)11(2,9)10;1-3-4-2/h3-6H,1-2H3;3-4H2,1-2H3. The van der Waals surface area contributed by atoms with Crippen LogP contribution in [0.3, 0.4) is 0 Å². The molecule has 15 heavy (non-hydrogen) atoms. The van der Waals surface area contributed by atoms with Gasteiger partial charge >= 0.3 is 0 Å². The van der Waals surface area contributed by atoms with Crippen molar-refractivity contribution in [3.63, 3.8) is 0 Å². The number of benzene rings is 1. The van der Waals surface area contributed by atoms with E-state index in [1.807, 2.05) is 6.92 Å². The van der Waals surface area contributed by atoms with Crippen LogP contribution in [-0.4, -0.2) is 14.7 Å². The molecule has 0 saturated carbocycles. The van der Waals surface area contributed by atoms with Crippen molar-refractivity contribution in [1.82, 2.24) is 0 Å². The summed E-state index contributed by atoms with van der Waals surface area (Å²) >= 11 is 0. The van der Waals surface area contributed by atoms with Crippen molar-refractivity contribution in [3.8, 4) is 0 Å². The Balaban J connectivity index is 0.000000423. The van der Waals surface area contributed by atoms with Crippen LogP contribution >= 0.6 is 0 Å². The maximum Gasteiger partial charge on any atom is 0.175 e. The number of hydrogen-bond donors (Lipinski definition) is 0. The summed E-state index contributed by atoms with van der Waals surface area (Å²) in [5.74, 6) is 0. The van der Waals surface area contributed by atoms with Crippen LogP contribution in [0.25, 0.3) is 0 Å². The van der Waals surface area contributed by atoms with E-state index >= 15 is 0 Å². The average molecular weight is 228 g/mol. The molecule has 0 fully saturated rings. The van der Waals surface area contributed by atoms with E-state index in [4.69, 9.17) is 0 Å². The lowest BCUT2D eigenvalue weighted by Gasteiger charge is -1.96. The van der Waals surface area contributed by atoms with Gasteiger partial charge in [-0.2, -0.15) is 0 Å². The molecule has 0 aliphatic heterocycles. The first-order valence-electron chi connectivity index (χ1n) is 5.18. The van der Waals surface area contributed by atoms with Gasteiger partial charge in [-0.1, -0.05) is 44.4 Å². The summed E-state index contributed by atoms with van der Waals surface area (Å²) < 4.78 is 21.9. The molecule has 1 rings (SSSR count). The molecule has 3 heteroatoms. The molecule has 0 N–H and O–H groups in total. The maximum absolute atomic E-state index is 10.9. The molecule has 0 atom stereocenters. The van der Waals surface area contributed by atoms with E-state index < -0.39 is 9.84 Å². The second kappa shape index (κ2) is 6.62. The first kappa shape index (κ1) is 14.2. The highest BCUT2D eigenvalue weighted by molar-refractivity contribution is 7.90. The zero-order chi connectivity index (χ0) is 11.9. The van der Waals surface area contributed by atoms with Crippen LogP contribution in [0.2, 0.25) is 0 Å². The van der Waals surface area contributed by atoms with Crippen LogP contribution in [0, 0.1) is 6.92 Å². The highest BCUT2D eigenvalue weighted by Gasteiger charge is 2.04. The number of unbranched alkanes of at least 4 members (excludes halogenated alkanes) is 1. The van der Waals surface area contributed by atoms with Gasteiger partial charge in [-0.25, -0.2) is 8.42 Å². The fraction of sp³-hybridized carbons (Fsp3) is 0.500. The highest BCUT2D eigenvalue weighted by Crippen LogP contribution is 2.08. The minimum Gasteiger partial charge on any atom is -0.224 e. The fourth-order valence-corrected chi connectivity index (χ4v) is 1.42. The van der Waals surface area contributed by atoms with Gasteiger partial charge in [0.15, 0.2) is 9.84 Å². The number of aryl methyl sites for hydroxylation is 1. The van der Waals surface area contributed by atoms with Crippen molar-refractivity contribution >= 4 is 9.84 Å². The molecule has 86 valence electrons. The van der Waals surface area contributed by atoms with Crippen molar-refractivity contribution in [2.45, 2.75) is 38.5 Å². The Morgan fingerprint density at radius 2 is 1.40 bits per heavy atom. The predicted octanol–water partition coefficient (Wildman–Crippen LogP) is 3.20. The molecule has 0 amide bonds. The minimum absolute atomic E-state index is 0.378. The lowest BCUT2D eigenvalue weighted by Crippen LogP contribution is -1.95. The van der Waals surface area contributed by atoms with E-state index in [0.29, 0.717) is 4.90 Å². The predicted molar refractivity (Wildman–Crippen MR) is 64.9 cm³/mol. The van der Waals surface area contributed by atoms with Crippen LogP contribution < -0.4 is 0 Å². The number of sulfone groups is 1. The molecule has 0 saturated heterocycles. The summed E-state index contributed by atoms with van der Waals surface area (Å²) in [6.07, 6.45) is 3.84. The Morgan fingerprint density at radius 1 is 1.00 bits per heavy atom. The Bertz CT molecular complexity index is 361. The monoisotopic (exact) mass is 228 g/mol. The van der Waals surface area contributed by atoms with Gasteiger partial charge < -0.3 is 0 Å². The summed E-state index contributed by atoms with van der Waals surface area (Å²) in [5, 5.41) is 0. The van der Waals surface area contributed by atoms with Gasteiger partial charge in [0, 0.05) is 6.26 Å². The average Bonchev–Trinajstić information content (AvgIpc) is 2.17. The highest BCUT2D eigenvalue weighted by atomic mass is 32.2. The van der Waals surface area contributed by atoms with Crippen LogP contribution in [0.5, 0.6) is 0 Å². The summed E-state index contributed by atoms with van der Waals surface area (Å²) in [6.45, 7) is 6.28. The van der Waals surface area contributed by atoms with E-state index in [2.05, 4.69) is 13.8 Å². The molecule has 0 aliphatic rings. The van der Waals surface area contributed by atoms with Crippen molar-refractivity contribution in [1.29, 1.82) is 0 Å². The summed E-state index contributed by atoms with van der Waals surface area (Å²) in [5.41, 5.74) is 1.07. The van der Waals surface area contributed by atoms with E-state index in [1.54, 1.807) is 24.3 Å². The molecule has 1 aromatic rings. The lowest BCUT2D eigenvalue weighted by atomic mass is 10.2. The largest absolute Gasteiger partial charge is 0.224 e. The second-order valence-corrected chi connectivity index (χ2v) is 5.60. The van der Waals surface area contributed by atoms with Crippen molar-refractivity contribution < 1.29 is 8.42 Å². The van der Waals surface area contributed by atoms with Crippen LogP contribution in [0.1, 0.15) is 32.3 Å². The first-order chi connectivity index (χ1) is 6.91. The van der Waals surface area contributed by atoms with Gasteiger partial charge in [-0.15, -0.1) is 0 Å². The van der Waals surface area contributed by atoms with Crippen LogP contribution in [0.4, 0.5) is 0 Å². The summed E-state index contributed by atoms with van der Waals surface area (Å²) in [7, 11) is -3.02. The lowest BCUT2D eigenvalue weighted by molar-refractivity contribution is 0.602. The van der Waals surface area contributed by atoms with Gasteiger partial charge in [0.05, 0.1) is 4.90 Å². The molecule has 0 spiro atoms. The third-order valence-corrected chi connectivity index (χ3v) is 3.08. The molecule has 0 bridgehead atoms. The molecule has 0 aromatic heterocycles. The quantitative estimate of drug-likeness (QED) is 0.779. The van der Waals surface area contributed by atoms with E-state index in [9.17, 15) is 8.42 Å². The van der Waals surface area contributed by atoms with Gasteiger partial charge in [0.2, 0.25) is 0 Å². The van der Waals surface area contributed by atoms with Gasteiger partial charge in [0.25, 0.3) is 0 Å². The van der Waals surface area contributed by atoms with Gasteiger partial charge in [-0.3, -0.25) is 0 Å². The Kier molecular flexibility index (Phi) is 6.25. The van der Waals surface area contributed by atoms with Crippen LogP contribution in [-0.2, 0) is 9.84 Å². The maximum atomic E-state index is 10.9. The topological polar surface area (TPSA) is 34.1 Å². The normalized spacial score (nSPS) is 10.4. The Hall–Kier alpha value is -0.830. The van der Waals surface area contributed by atoms with Crippen molar-refractivity contribution in [3.05, 3.63) is 29.8 Å². The minimum atomic E-state index is -3.02. The molecule has 0 unspecified atom stereocenters. The van der Waals surface area contributed by atoms with Gasteiger partial charge in [0.1, 0.15) is 0 Å². The molecular weight excluding hydrogens is 208 g/mol. The third-order valence-electron chi connectivity index (χ3n) is 1.95. The Labute approximate surface area is 93.3 Å². The molecule has 0 aliphatic carbocycles. The van der Waals surface area contributed by atoms with Gasteiger partial charge in [-0.05, 0) is 19.1 Å².